The zero-order chi connectivity index (χ0) is 22.9. The summed E-state index contributed by atoms with van der Waals surface area (Å²) in [6, 6.07) is 2.65. The molecule has 0 fully saturated rings. The zero-order valence-corrected chi connectivity index (χ0v) is 18.5. The van der Waals surface area contributed by atoms with Crippen molar-refractivity contribution in [1.29, 1.82) is 0 Å². The smallest absolute Gasteiger partial charge is 0.204 e. The Bertz CT molecular complexity index is 1270. The van der Waals surface area contributed by atoms with Crippen LogP contribution in [0.5, 0.6) is 23.0 Å². The maximum Gasteiger partial charge on any atom is 0.204 e. The van der Waals surface area contributed by atoms with Crippen molar-refractivity contribution in [1.82, 2.24) is 0 Å². The Kier molecular flexibility index (Phi) is 6.29. The average molecular weight is 424 g/mol. The summed E-state index contributed by atoms with van der Waals surface area (Å²) >= 11 is 0. The SMILES string of the molecule is CC/C(C)=C/Cc1c(OC)c(O)cc2oc3cc(O)c(CC=C(C)C)c(O)c3c(=O)c12. The number of allylic oxidation sites excluding steroid dienone is 4. The number of ether oxygens (including phenoxy) is 1. The fourth-order valence-corrected chi connectivity index (χ4v) is 3.57. The molecule has 0 saturated carbocycles. The molecule has 0 aliphatic carbocycles. The van der Waals surface area contributed by atoms with Crippen LogP contribution in [0.1, 0.15) is 45.2 Å². The molecule has 0 bridgehead atoms. The lowest BCUT2D eigenvalue weighted by Crippen LogP contribution is -2.08. The summed E-state index contributed by atoms with van der Waals surface area (Å²) in [7, 11) is 1.43. The van der Waals surface area contributed by atoms with Crippen LogP contribution in [0.4, 0.5) is 0 Å². The second kappa shape index (κ2) is 8.76. The Balaban J connectivity index is 2.42. The van der Waals surface area contributed by atoms with Gasteiger partial charge >= 0.3 is 0 Å². The first kappa shape index (κ1) is 22.3. The highest BCUT2D eigenvalue weighted by atomic mass is 16.5. The average Bonchev–Trinajstić information content (AvgIpc) is 2.70. The molecule has 164 valence electrons. The van der Waals surface area contributed by atoms with Crippen LogP contribution >= 0.6 is 0 Å². The topological polar surface area (TPSA) is 100 Å². The molecule has 0 saturated heterocycles. The van der Waals surface area contributed by atoms with Crippen LogP contribution in [0.15, 0.2) is 44.6 Å². The quantitative estimate of drug-likeness (QED) is 0.358. The molecule has 2 aromatic carbocycles. The number of benzene rings is 2. The Morgan fingerprint density at radius 1 is 0.968 bits per heavy atom. The molecule has 0 amide bonds. The maximum atomic E-state index is 13.6. The third-order valence-corrected chi connectivity index (χ3v) is 5.47. The third-order valence-electron chi connectivity index (χ3n) is 5.47. The fourth-order valence-electron chi connectivity index (χ4n) is 3.57. The molecule has 3 aromatic rings. The summed E-state index contributed by atoms with van der Waals surface area (Å²) in [4.78, 5) is 13.6. The van der Waals surface area contributed by atoms with Gasteiger partial charge in [-0.1, -0.05) is 30.2 Å². The van der Waals surface area contributed by atoms with Gasteiger partial charge in [-0.2, -0.15) is 0 Å². The van der Waals surface area contributed by atoms with E-state index in [4.69, 9.17) is 9.15 Å². The van der Waals surface area contributed by atoms with Crippen molar-refractivity contribution in [3.63, 3.8) is 0 Å². The van der Waals surface area contributed by atoms with Crippen molar-refractivity contribution in [2.75, 3.05) is 7.11 Å². The Morgan fingerprint density at radius 2 is 1.58 bits per heavy atom. The number of fused-ring (bicyclic) bond motifs is 2. The summed E-state index contributed by atoms with van der Waals surface area (Å²) in [5.74, 6) is -0.420. The van der Waals surface area contributed by atoms with E-state index in [0.717, 1.165) is 17.6 Å². The highest BCUT2D eigenvalue weighted by Gasteiger charge is 2.23. The molecule has 6 nitrogen and oxygen atoms in total. The summed E-state index contributed by atoms with van der Waals surface area (Å²) in [6.07, 6.45) is 5.31. The lowest BCUT2D eigenvalue weighted by molar-refractivity contribution is 0.370. The van der Waals surface area contributed by atoms with Gasteiger partial charge in [0, 0.05) is 23.3 Å². The van der Waals surface area contributed by atoms with E-state index in [-0.39, 0.29) is 56.9 Å². The predicted octanol–water partition coefficient (Wildman–Crippen LogP) is 5.48. The summed E-state index contributed by atoms with van der Waals surface area (Å²) in [5, 5.41) is 31.9. The Hall–Kier alpha value is -3.41. The van der Waals surface area contributed by atoms with Crippen molar-refractivity contribution in [2.45, 2.75) is 47.0 Å². The van der Waals surface area contributed by atoms with Gasteiger partial charge in [0.1, 0.15) is 28.1 Å². The van der Waals surface area contributed by atoms with E-state index in [9.17, 15) is 20.1 Å². The minimum atomic E-state index is -0.442. The minimum Gasteiger partial charge on any atom is -0.507 e. The van der Waals surface area contributed by atoms with Gasteiger partial charge in [-0.15, -0.1) is 0 Å². The Labute approximate surface area is 180 Å². The van der Waals surface area contributed by atoms with Gasteiger partial charge in [-0.25, -0.2) is 0 Å². The monoisotopic (exact) mass is 424 g/mol. The third kappa shape index (κ3) is 4.10. The minimum absolute atomic E-state index is 0.00681. The summed E-state index contributed by atoms with van der Waals surface area (Å²) in [5.41, 5.74) is 2.65. The molecule has 1 aromatic heterocycles. The van der Waals surface area contributed by atoms with Crippen LogP contribution in [0.25, 0.3) is 21.9 Å². The first-order valence-corrected chi connectivity index (χ1v) is 10.2. The Morgan fingerprint density at radius 3 is 2.19 bits per heavy atom. The van der Waals surface area contributed by atoms with Gasteiger partial charge in [-0.3, -0.25) is 4.79 Å². The van der Waals surface area contributed by atoms with Gasteiger partial charge in [0.05, 0.1) is 12.5 Å². The van der Waals surface area contributed by atoms with Gasteiger partial charge < -0.3 is 24.5 Å². The number of phenolic OH excluding ortho intramolecular Hbond substituents is 3. The van der Waals surface area contributed by atoms with Crippen LogP contribution < -0.4 is 10.2 Å². The van der Waals surface area contributed by atoms with Crippen molar-refractivity contribution in [3.8, 4) is 23.0 Å². The molecule has 0 radical (unpaired) electrons. The van der Waals surface area contributed by atoms with Crippen molar-refractivity contribution < 1.29 is 24.5 Å². The van der Waals surface area contributed by atoms with Gasteiger partial charge in [0.15, 0.2) is 11.5 Å². The zero-order valence-electron chi connectivity index (χ0n) is 18.5. The van der Waals surface area contributed by atoms with Gasteiger partial charge in [-0.05, 0) is 40.0 Å². The molecule has 0 atom stereocenters. The first-order chi connectivity index (χ1) is 14.7. The van der Waals surface area contributed by atoms with Crippen LogP contribution in [-0.4, -0.2) is 22.4 Å². The van der Waals surface area contributed by atoms with Crippen LogP contribution in [0.2, 0.25) is 0 Å². The van der Waals surface area contributed by atoms with Crippen molar-refractivity contribution in [2.24, 2.45) is 0 Å². The van der Waals surface area contributed by atoms with E-state index in [1.807, 2.05) is 39.8 Å². The van der Waals surface area contributed by atoms with E-state index in [1.54, 1.807) is 0 Å². The fraction of sp³-hybridized carbons (Fsp3) is 0.320. The van der Waals surface area contributed by atoms with Gasteiger partial charge in [0.25, 0.3) is 0 Å². The lowest BCUT2D eigenvalue weighted by Gasteiger charge is -2.14. The van der Waals surface area contributed by atoms with Crippen molar-refractivity contribution in [3.05, 3.63) is 56.8 Å². The van der Waals surface area contributed by atoms with E-state index >= 15 is 0 Å². The number of methoxy groups -OCH3 is 1. The van der Waals surface area contributed by atoms with E-state index in [2.05, 4.69) is 0 Å². The van der Waals surface area contributed by atoms with Crippen LogP contribution in [0.3, 0.4) is 0 Å². The van der Waals surface area contributed by atoms with Gasteiger partial charge in [0.2, 0.25) is 5.43 Å². The molecule has 31 heavy (non-hydrogen) atoms. The molecule has 3 N–H and O–H groups in total. The van der Waals surface area contributed by atoms with E-state index in [1.165, 1.54) is 19.2 Å². The van der Waals surface area contributed by atoms with Crippen LogP contribution in [-0.2, 0) is 12.8 Å². The first-order valence-electron chi connectivity index (χ1n) is 10.2. The van der Waals surface area contributed by atoms with Crippen molar-refractivity contribution >= 4 is 21.9 Å². The molecule has 3 rings (SSSR count). The molecular formula is C25H28O6. The highest BCUT2D eigenvalue weighted by molar-refractivity contribution is 5.97. The molecular weight excluding hydrogens is 396 g/mol. The number of aromatic hydroxyl groups is 3. The molecule has 1 heterocycles. The largest absolute Gasteiger partial charge is 0.507 e. The number of hydrogen-bond donors (Lipinski definition) is 3. The number of rotatable bonds is 6. The van der Waals surface area contributed by atoms with E-state index < -0.39 is 5.43 Å². The molecule has 6 heteroatoms. The second-order valence-electron chi connectivity index (χ2n) is 7.90. The molecule has 0 aliphatic rings. The normalized spacial score (nSPS) is 11.8. The second-order valence-corrected chi connectivity index (χ2v) is 7.90. The predicted molar refractivity (Wildman–Crippen MR) is 122 cm³/mol. The molecule has 0 unspecified atom stereocenters. The molecule has 0 spiro atoms. The highest BCUT2D eigenvalue weighted by Crippen LogP contribution is 2.40. The molecule has 0 aliphatic heterocycles. The number of hydrogen-bond acceptors (Lipinski definition) is 6. The maximum absolute atomic E-state index is 13.6. The van der Waals surface area contributed by atoms with Crippen LogP contribution in [0, 0.1) is 0 Å². The van der Waals surface area contributed by atoms with E-state index in [0.29, 0.717) is 12.0 Å². The summed E-state index contributed by atoms with van der Waals surface area (Å²) < 4.78 is 11.2. The standard InChI is InChI=1S/C25H28O6/c1-6-14(4)8-10-16-21-19(12-18(27)25(16)30-5)31-20-11-17(26)15(9-7-13(2)3)23(28)22(20)24(21)29/h7-8,11-12,26-28H,6,9-10H2,1-5H3/b14-8+. The summed E-state index contributed by atoms with van der Waals surface area (Å²) in [6.45, 7) is 7.84. The lowest BCUT2D eigenvalue weighted by atomic mass is 9.98. The number of phenols is 3.